The van der Waals surface area contributed by atoms with Crippen molar-refractivity contribution in [3.63, 3.8) is 0 Å². The van der Waals surface area contributed by atoms with Gasteiger partial charge in [-0.25, -0.2) is 4.98 Å². The van der Waals surface area contributed by atoms with Crippen LogP contribution in [0.5, 0.6) is 0 Å². The van der Waals surface area contributed by atoms with Crippen LogP contribution in [0.4, 0.5) is 17.3 Å². The number of anilines is 3. The number of aromatic nitrogens is 3. The second kappa shape index (κ2) is 10.2. The van der Waals surface area contributed by atoms with Crippen molar-refractivity contribution in [1.82, 2.24) is 15.0 Å². The van der Waals surface area contributed by atoms with Crippen molar-refractivity contribution in [2.45, 2.75) is 0 Å². The standard InChI is InChI=1S/C39H24N4O2/c1-3-13-25(14-4-1)37-40-38(30-20-11-19-28-27-17-7-9-22-32(27)45-36(28)30)42-39(41-37)43(26-15-5-2-6-16-26)31-21-12-24-34-35(31)29-18-8-10-23-33(29)44-34/h1-24H. The highest BCUT2D eigenvalue weighted by Crippen LogP contribution is 2.43. The number of hydrogen-bond donors (Lipinski definition) is 0. The van der Waals surface area contributed by atoms with E-state index >= 15 is 0 Å². The zero-order chi connectivity index (χ0) is 29.7. The normalized spacial score (nSPS) is 11.6. The van der Waals surface area contributed by atoms with Gasteiger partial charge in [-0.05, 0) is 42.5 Å². The molecule has 9 aromatic rings. The third kappa shape index (κ3) is 4.15. The Labute approximate surface area is 257 Å². The molecule has 9 rings (SSSR count). The third-order valence-corrected chi connectivity index (χ3v) is 8.14. The van der Waals surface area contributed by atoms with E-state index in [9.17, 15) is 0 Å². The lowest BCUT2D eigenvalue weighted by Crippen LogP contribution is -2.15. The van der Waals surface area contributed by atoms with Crippen molar-refractivity contribution in [2.75, 3.05) is 4.90 Å². The van der Waals surface area contributed by atoms with E-state index in [0.29, 0.717) is 17.6 Å². The minimum absolute atomic E-state index is 0.482. The molecule has 3 heterocycles. The van der Waals surface area contributed by atoms with Crippen molar-refractivity contribution in [3.05, 3.63) is 146 Å². The number of furan rings is 2. The predicted molar refractivity (Wildman–Crippen MR) is 180 cm³/mol. The predicted octanol–water partition coefficient (Wildman–Crippen LogP) is 10.5. The van der Waals surface area contributed by atoms with E-state index < -0.39 is 0 Å². The van der Waals surface area contributed by atoms with E-state index in [4.69, 9.17) is 23.8 Å². The van der Waals surface area contributed by atoms with Crippen LogP contribution < -0.4 is 4.90 Å². The van der Waals surface area contributed by atoms with Crippen molar-refractivity contribution >= 4 is 61.2 Å². The molecule has 0 aliphatic rings. The van der Waals surface area contributed by atoms with Crippen LogP contribution in [0, 0.1) is 0 Å². The molecule has 6 heteroatoms. The van der Waals surface area contributed by atoms with Gasteiger partial charge in [0.05, 0.1) is 16.6 Å². The van der Waals surface area contributed by atoms with Gasteiger partial charge in [0, 0.05) is 27.4 Å². The van der Waals surface area contributed by atoms with E-state index in [1.165, 1.54) is 0 Å². The van der Waals surface area contributed by atoms with Crippen LogP contribution in [0.2, 0.25) is 0 Å². The average molecular weight is 581 g/mol. The first-order valence-corrected chi connectivity index (χ1v) is 14.8. The van der Waals surface area contributed by atoms with Crippen LogP contribution in [0.3, 0.4) is 0 Å². The van der Waals surface area contributed by atoms with Crippen molar-refractivity contribution < 1.29 is 8.83 Å². The molecular weight excluding hydrogens is 556 g/mol. The molecule has 6 aromatic carbocycles. The highest BCUT2D eigenvalue weighted by atomic mass is 16.3. The number of rotatable bonds is 5. The quantitative estimate of drug-likeness (QED) is 0.202. The van der Waals surface area contributed by atoms with Gasteiger partial charge in [0.25, 0.3) is 0 Å². The van der Waals surface area contributed by atoms with E-state index in [2.05, 4.69) is 41.3 Å². The summed E-state index contributed by atoms with van der Waals surface area (Å²) in [5.74, 6) is 1.57. The lowest BCUT2D eigenvalue weighted by atomic mass is 10.1. The van der Waals surface area contributed by atoms with Gasteiger partial charge in [0.2, 0.25) is 5.95 Å². The second-order valence-corrected chi connectivity index (χ2v) is 10.8. The zero-order valence-electron chi connectivity index (χ0n) is 24.0. The molecule has 0 unspecified atom stereocenters. The first kappa shape index (κ1) is 25.2. The summed E-state index contributed by atoms with van der Waals surface area (Å²) in [7, 11) is 0. The van der Waals surface area contributed by atoms with Crippen LogP contribution in [0.15, 0.2) is 154 Å². The summed E-state index contributed by atoms with van der Waals surface area (Å²) in [4.78, 5) is 17.4. The van der Waals surface area contributed by atoms with Gasteiger partial charge in [-0.3, -0.25) is 4.90 Å². The molecular formula is C39H24N4O2. The molecule has 0 aliphatic heterocycles. The molecule has 3 aromatic heterocycles. The van der Waals surface area contributed by atoms with Crippen LogP contribution in [0.25, 0.3) is 66.7 Å². The Bertz CT molecular complexity index is 2500. The van der Waals surface area contributed by atoms with Crippen LogP contribution >= 0.6 is 0 Å². The summed E-state index contributed by atoms with van der Waals surface area (Å²) in [5.41, 5.74) is 6.68. The topological polar surface area (TPSA) is 68.2 Å². The van der Waals surface area contributed by atoms with Gasteiger partial charge in [-0.15, -0.1) is 0 Å². The molecule has 0 saturated heterocycles. The van der Waals surface area contributed by atoms with E-state index in [1.54, 1.807) is 0 Å². The first-order chi connectivity index (χ1) is 22.3. The van der Waals surface area contributed by atoms with Crippen LogP contribution in [-0.4, -0.2) is 15.0 Å². The minimum Gasteiger partial charge on any atom is -0.456 e. The van der Waals surface area contributed by atoms with Gasteiger partial charge in [-0.1, -0.05) is 103 Å². The van der Waals surface area contributed by atoms with Gasteiger partial charge in [0.1, 0.15) is 22.3 Å². The number of para-hydroxylation sites is 4. The molecule has 0 amide bonds. The largest absolute Gasteiger partial charge is 0.456 e. The fourth-order valence-corrected chi connectivity index (χ4v) is 6.11. The highest BCUT2D eigenvalue weighted by molar-refractivity contribution is 6.13. The SMILES string of the molecule is c1ccc(-c2nc(-c3cccc4c3oc3ccccc34)nc(N(c3ccccc3)c3cccc4oc5ccccc5c34)n2)cc1. The monoisotopic (exact) mass is 580 g/mol. The molecule has 0 bridgehead atoms. The molecule has 212 valence electrons. The van der Waals surface area contributed by atoms with E-state index in [0.717, 1.165) is 66.4 Å². The molecule has 0 aliphatic carbocycles. The van der Waals surface area contributed by atoms with E-state index in [1.807, 2.05) is 109 Å². The summed E-state index contributed by atoms with van der Waals surface area (Å²) < 4.78 is 12.7. The minimum atomic E-state index is 0.482. The van der Waals surface area contributed by atoms with Crippen molar-refractivity contribution in [3.8, 4) is 22.8 Å². The number of nitrogens with zero attached hydrogens (tertiary/aromatic N) is 4. The maximum absolute atomic E-state index is 6.42. The molecule has 0 saturated carbocycles. The maximum Gasteiger partial charge on any atom is 0.238 e. The smallest absolute Gasteiger partial charge is 0.238 e. The fourth-order valence-electron chi connectivity index (χ4n) is 6.11. The van der Waals surface area contributed by atoms with Crippen LogP contribution in [-0.2, 0) is 0 Å². The van der Waals surface area contributed by atoms with Crippen molar-refractivity contribution in [1.29, 1.82) is 0 Å². The van der Waals surface area contributed by atoms with E-state index in [-0.39, 0.29) is 0 Å². The Kier molecular flexibility index (Phi) is 5.71. The fraction of sp³-hybridized carbons (Fsp3) is 0. The van der Waals surface area contributed by atoms with Crippen LogP contribution in [0.1, 0.15) is 0 Å². The van der Waals surface area contributed by atoms with Crippen molar-refractivity contribution in [2.24, 2.45) is 0 Å². The average Bonchev–Trinajstić information content (AvgIpc) is 3.68. The summed E-state index contributed by atoms with van der Waals surface area (Å²) in [6.07, 6.45) is 0. The lowest BCUT2D eigenvalue weighted by Gasteiger charge is -2.24. The summed E-state index contributed by atoms with van der Waals surface area (Å²) in [6.45, 7) is 0. The third-order valence-electron chi connectivity index (χ3n) is 8.14. The second-order valence-electron chi connectivity index (χ2n) is 10.8. The molecule has 45 heavy (non-hydrogen) atoms. The number of hydrogen-bond acceptors (Lipinski definition) is 6. The number of benzene rings is 6. The summed E-state index contributed by atoms with van der Waals surface area (Å²) in [5, 5.41) is 4.07. The molecule has 0 N–H and O–H groups in total. The van der Waals surface area contributed by atoms with Gasteiger partial charge in [0.15, 0.2) is 11.6 Å². The lowest BCUT2D eigenvalue weighted by molar-refractivity contribution is 0.669. The zero-order valence-corrected chi connectivity index (χ0v) is 24.0. The highest BCUT2D eigenvalue weighted by Gasteiger charge is 2.24. The van der Waals surface area contributed by atoms with Gasteiger partial charge in [-0.2, -0.15) is 9.97 Å². The Hall–Kier alpha value is -6.27. The Morgan fingerprint density at radius 3 is 1.89 bits per heavy atom. The molecule has 0 spiro atoms. The molecule has 0 atom stereocenters. The van der Waals surface area contributed by atoms with Gasteiger partial charge >= 0.3 is 0 Å². The Morgan fingerprint density at radius 1 is 0.444 bits per heavy atom. The summed E-state index contributed by atoms with van der Waals surface area (Å²) >= 11 is 0. The number of fused-ring (bicyclic) bond motifs is 6. The first-order valence-electron chi connectivity index (χ1n) is 14.8. The Balaban J connectivity index is 1.35. The summed E-state index contributed by atoms with van der Waals surface area (Å²) in [6, 6.07) is 48.5. The van der Waals surface area contributed by atoms with Gasteiger partial charge < -0.3 is 8.83 Å². The molecule has 0 radical (unpaired) electrons. The molecule has 6 nitrogen and oxygen atoms in total. The molecule has 0 fully saturated rings. The maximum atomic E-state index is 6.42. The Morgan fingerprint density at radius 2 is 1.07 bits per heavy atom.